The molecule has 0 saturated carbocycles. The summed E-state index contributed by atoms with van der Waals surface area (Å²) in [5.41, 5.74) is 33.1. The molecule has 13 aromatic rings. The van der Waals surface area contributed by atoms with Crippen LogP contribution in [0.2, 0.25) is 0 Å². The summed E-state index contributed by atoms with van der Waals surface area (Å²) >= 11 is 0. The van der Waals surface area contributed by atoms with E-state index in [4.69, 9.17) is 0 Å². The fourth-order valence-corrected chi connectivity index (χ4v) is 15.8. The monoisotopic (exact) mass is 1120 g/mol. The number of fused-ring (bicyclic) bond motifs is 20. The van der Waals surface area contributed by atoms with Crippen LogP contribution in [0.4, 0.5) is 34.1 Å². The van der Waals surface area contributed by atoms with E-state index in [1.807, 2.05) is 0 Å². The highest BCUT2D eigenvalue weighted by atomic mass is 15.2. The van der Waals surface area contributed by atoms with Gasteiger partial charge < -0.3 is 9.80 Å². The lowest BCUT2D eigenvalue weighted by Gasteiger charge is -2.33. The maximum atomic E-state index is 2.51. The Hall–Kier alpha value is -11.1. The van der Waals surface area contributed by atoms with Crippen LogP contribution < -0.4 is 9.80 Å². The first-order chi connectivity index (χ1) is 43.5. The van der Waals surface area contributed by atoms with Crippen molar-refractivity contribution in [2.24, 2.45) is 0 Å². The van der Waals surface area contributed by atoms with Gasteiger partial charge in [-0.05, 0) is 215 Å². The lowest BCUT2D eigenvalue weighted by molar-refractivity contribution is 0.793. The van der Waals surface area contributed by atoms with Crippen molar-refractivity contribution in [1.82, 2.24) is 0 Å². The van der Waals surface area contributed by atoms with Crippen LogP contribution in [0.15, 0.2) is 315 Å². The normalized spacial score (nSPS) is 13.7. The third kappa shape index (κ3) is 7.55. The molecule has 0 fully saturated rings. The van der Waals surface area contributed by atoms with Gasteiger partial charge in [0.2, 0.25) is 0 Å². The minimum atomic E-state index is -0.517. The molecule has 17 rings (SSSR count). The Balaban J connectivity index is 0.899. The number of allylic oxidation sites excluding steroid dienone is 2. The summed E-state index contributed by atoms with van der Waals surface area (Å²) < 4.78 is 0. The van der Waals surface area contributed by atoms with E-state index in [1.165, 1.54) is 111 Å². The number of hydrogen-bond acceptors (Lipinski definition) is 2. The van der Waals surface area contributed by atoms with E-state index < -0.39 is 10.8 Å². The molecule has 2 heteroatoms. The summed E-state index contributed by atoms with van der Waals surface area (Å²) in [6, 6.07) is 114. The predicted molar refractivity (Wildman–Crippen MR) is 369 cm³/mol. The molecule has 4 aliphatic carbocycles. The summed E-state index contributed by atoms with van der Waals surface area (Å²) in [6.07, 6.45) is 8.57. The van der Waals surface area contributed by atoms with Crippen molar-refractivity contribution in [2.45, 2.75) is 24.7 Å². The van der Waals surface area contributed by atoms with E-state index in [1.54, 1.807) is 0 Å². The van der Waals surface area contributed by atoms with Gasteiger partial charge in [0, 0.05) is 34.1 Å². The van der Waals surface area contributed by atoms with Crippen LogP contribution in [-0.2, 0) is 10.8 Å². The standard InChI is InChI=1S/C86H60N2/c1-3-22-57-24-17-26-59(50-57)61-28-19-30-63(52-61)87(67-46-48-75-73-38-9-15-44-81(73)85(83(75)55-67)77-40-11-5-34-69(77)70-35-6-12-41-78(70)85)65-32-21-33-66(54-65)88(64-31-20-29-62(53-64)60-27-18-25-58(51-60)23-4-2)68-47-49-76-74-39-10-16-45-82(74)86(84(76)56-68)79-42-13-7-36-71(79)72-37-8-14-43-80(72)86/h3-56H,1-2H3. The maximum Gasteiger partial charge on any atom is 0.0726 e. The van der Waals surface area contributed by atoms with E-state index in [2.05, 4.69) is 351 Å². The van der Waals surface area contributed by atoms with E-state index >= 15 is 0 Å². The average Bonchev–Trinajstić information content (AvgIpc) is 1.55. The number of nitrogens with zero attached hydrogens (tertiary/aromatic N) is 2. The molecule has 0 atom stereocenters. The van der Waals surface area contributed by atoms with Crippen molar-refractivity contribution < 1.29 is 0 Å². The molecule has 0 N–H and O–H groups in total. The highest BCUT2D eigenvalue weighted by molar-refractivity contribution is 5.99. The highest BCUT2D eigenvalue weighted by Crippen LogP contribution is 2.65. The second kappa shape index (κ2) is 20.3. The van der Waals surface area contributed by atoms with Gasteiger partial charge in [0.05, 0.1) is 10.8 Å². The molecule has 88 heavy (non-hydrogen) atoms. The minimum Gasteiger partial charge on any atom is -0.310 e. The zero-order valence-corrected chi connectivity index (χ0v) is 49.1. The Kier molecular flexibility index (Phi) is 11.9. The van der Waals surface area contributed by atoms with E-state index in [9.17, 15) is 0 Å². The second-order valence-corrected chi connectivity index (χ2v) is 23.8. The molecule has 2 nitrogen and oxygen atoms in total. The van der Waals surface area contributed by atoms with Gasteiger partial charge in [-0.2, -0.15) is 0 Å². The molecule has 0 unspecified atom stereocenters. The van der Waals surface area contributed by atoms with E-state index in [-0.39, 0.29) is 0 Å². The van der Waals surface area contributed by atoms with Crippen LogP contribution in [0.5, 0.6) is 0 Å². The Labute approximate surface area is 515 Å². The Morgan fingerprint density at radius 1 is 0.216 bits per heavy atom. The summed E-state index contributed by atoms with van der Waals surface area (Å²) in [4.78, 5) is 4.99. The van der Waals surface area contributed by atoms with Crippen LogP contribution >= 0.6 is 0 Å². The Bertz CT molecular complexity index is 4610. The molecule has 0 radical (unpaired) electrons. The van der Waals surface area contributed by atoms with Gasteiger partial charge in [-0.3, -0.25) is 0 Å². The van der Waals surface area contributed by atoms with Gasteiger partial charge >= 0.3 is 0 Å². The predicted octanol–water partition coefficient (Wildman–Crippen LogP) is 22.7. The fourth-order valence-electron chi connectivity index (χ4n) is 15.8. The number of rotatable bonds is 10. The molecule has 0 aromatic heterocycles. The molecule has 414 valence electrons. The molecular weight excluding hydrogens is 1060 g/mol. The van der Waals surface area contributed by atoms with Crippen molar-refractivity contribution in [2.75, 3.05) is 9.80 Å². The first-order valence-electron chi connectivity index (χ1n) is 30.8. The first kappa shape index (κ1) is 51.4. The summed E-state index contributed by atoms with van der Waals surface area (Å²) in [6.45, 7) is 4.16. The number of hydrogen-bond donors (Lipinski definition) is 0. The molecule has 4 aliphatic rings. The lowest BCUT2D eigenvalue weighted by Crippen LogP contribution is -2.26. The zero-order chi connectivity index (χ0) is 58.5. The zero-order valence-electron chi connectivity index (χ0n) is 49.1. The molecule has 0 bridgehead atoms. The van der Waals surface area contributed by atoms with E-state index in [0.717, 1.165) is 45.3 Å². The van der Waals surface area contributed by atoms with Gasteiger partial charge in [0.1, 0.15) is 0 Å². The van der Waals surface area contributed by atoms with Gasteiger partial charge in [0.25, 0.3) is 0 Å². The van der Waals surface area contributed by atoms with Crippen LogP contribution in [-0.4, -0.2) is 0 Å². The quantitative estimate of drug-likeness (QED) is 0.135. The SMILES string of the molecule is CC=Cc1cccc(-c2cccc(N(c3cccc(N(c4cccc(-c5cccc(C=CC)c5)c4)c4ccc5c(c4)C4(c6ccccc6-c6ccccc64)c4ccccc4-5)c3)c3ccc4c(c3)C3(c5ccccc5-c5ccccc53)c3ccccc3-4)c2)c1. The third-order valence-corrected chi connectivity index (χ3v) is 19.2. The summed E-state index contributed by atoms with van der Waals surface area (Å²) in [7, 11) is 0. The smallest absolute Gasteiger partial charge is 0.0726 e. The summed E-state index contributed by atoms with van der Waals surface area (Å²) in [5.74, 6) is 0. The largest absolute Gasteiger partial charge is 0.310 e. The van der Waals surface area contributed by atoms with Crippen LogP contribution in [0.3, 0.4) is 0 Å². The number of anilines is 6. The number of benzene rings is 13. The van der Waals surface area contributed by atoms with Gasteiger partial charge in [-0.25, -0.2) is 0 Å². The van der Waals surface area contributed by atoms with Crippen molar-refractivity contribution >= 4 is 46.3 Å². The van der Waals surface area contributed by atoms with Crippen LogP contribution in [0.1, 0.15) is 69.5 Å². The molecule has 0 saturated heterocycles. The fraction of sp³-hybridized carbons (Fsp3) is 0.0465. The van der Waals surface area contributed by atoms with Crippen LogP contribution in [0, 0.1) is 0 Å². The summed E-state index contributed by atoms with van der Waals surface area (Å²) in [5, 5.41) is 0. The first-order valence-corrected chi connectivity index (χ1v) is 30.8. The maximum absolute atomic E-state index is 2.51. The highest BCUT2D eigenvalue weighted by Gasteiger charge is 2.53. The van der Waals surface area contributed by atoms with Crippen LogP contribution in [0.25, 0.3) is 78.9 Å². The van der Waals surface area contributed by atoms with Gasteiger partial charge in [-0.15, -0.1) is 0 Å². The Morgan fingerprint density at radius 2 is 0.477 bits per heavy atom. The van der Waals surface area contributed by atoms with Crippen molar-refractivity contribution in [3.05, 3.63) is 371 Å². The van der Waals surface area contributed by atoms with Crippen molar-refractivity contribution in [3.8, 4) is 66.8 Å². The Morgan fingerprint density at radius 3 is 0.807 bits per heavy atom. The molecule has 13 aromatic carbocycles. The average molecular weight is 1120 g/mol. The minimum absolute atomic E-state index is 0.517. The van der Waals surface area contributed by atoms with Crippen molar-refractivity contribution in [1.29, 1.82) is 0 Å². The van der Waals surface area contributed by atoms with Crippen molar-refractivity contribution in [3.63, 3.8) is 0 Å². The topological polar surface area (TPSA) is 6.48 Å². The molecule has 0 aliphatic heterocycles. The van der Waals surface area contributed by atoms with Gasteiger partial charge in [-0.1, -0.05) is 249 Å². The molecule has 0 amide bonds. The van der Waals surface area contributed by atoms with E-state index in [0.29, 0.717) is 0 Å². The third-order valence-electron chi connectivity index (χ3n) is 19.2. The molecule has 0 heterocycles. The second-order valence-electron chi connectivity index (χ2n) is 23.8. The molecular formula is C86H60N2. The molecule has 2 spiro atoms. The lowest BCUT2D eigenvalue weighted by atomic mass is 9.70. The van der Waals surface area contributed by atoms with Gasteiger partial charge in [0.15, 0.2) is 0 Å².